The van der Waals surface area contributed by atoms with Crippen LogP contribution in [0, 0.1) is 5.82 Å². The number of nitrogens with zero attached hydrogens (tertiary/aromatic N) is 4. The van der Waals surface area contributed by atoms with Gasteiger partial charge in [-0.2, -0.15) is 9.97 Å². The number of fused-ring (bicyclic) bond motifs is 1. The molecule has 3 rings (SSSR count). The molecule has 0 atom stereocenters. The molecule has 0 spiro atoms. The fraction of sp³-hybridized carbons (Fsp3) is 0. The number of amides is 1. The summed E-state index contributed by atoms with van der Waals surface area (Å²) in [6.45, 7) is 0. The summed E-state index contributed by atoms with van der Waals surface area (Å²) in [4.78, 5) is 30.0. The van der Waals surface area contributed by atoms with Gasteiger partial charge in [0.2, 0.25) is 5.95 Å². The van der Waals surface area contributed by atoms with Gasteiger partial charge in [0.1, 0.15) is 5.52 Å². The number of pyridine rings is 1. The number of imidazole rings is 1. The Balaban J connectivity index is 1.93. The Hall–Kier alpha value is -2.61. The van der Waals surface area contributed by atoms with E-state index in [0.29, 0.717) is 11.2 Å². The van der Waals surface area contributed by atoms with Crippen LogP contribution in [0.4, 0.5) is 10.3 Å². The van der Waals surface area contributed by atoms with E-state index in [0.717, 1.165) is 6.20 Å². The highest BCUT2D eigenvalue weighted by Crippen LogP contribution is 2.18. The molecule has 20 heavy (non-hydrogen) atoms. The zero-order valence-electron chi connectivity index (χ0n) is 9.76. The number of carbonyl (C=O) groups is 1. The lowest BCUT2D eigenvalue weighted by molar-refractivity contribution is 0.102. The molecule has 0 bridgehead atoms. The lowest BCUT2D eigenvalue weighted by atomic mass is 10.2. The molecule has 0 aromatic carbocycles. The molecule has 0 aliphatic rings. The van der Waals surface area contributed by atoms with Gasteiger partial charge in [0.15, 0.2) is 16.6 Å². The fourth-order valence-electron chi connectivity index (χ4n) is 1.58. The minimum absolute atomic E-state index is 0.0594. The summed E-state index contributed by atoms with van der Waals surface area (Å²) in [6.07, 6.45) is 3.65. The van der Waals surface area contributed by atoms with Gasteiger partial charge in [-0.1, -0.05) is 11.6 Å². The van der Waals surface area contributed by atoms with E-state index in [1.54, 1.807) is 0 Å². The van der Waals surface area contributed by atoms with E-state index < -0.39 is 11.7 Å². The Morgan fingerprint density at radius 1 is 1.40 bits per heavy atom. The van der Waals surface area contributed by atoms with Crippen molar-refractivity contribution in [3.8, 4) is 0 Å². The molecule has 0 saturated heterocycles. The lowest BCUT2D eigenvalue weighted by Crippen LogP contribution is -2.16. The number of aromatic amines is 1. The first-order valence-corrected chi connectivity index (χ1v) is 5.80. The highest BCUT2D eigenvalue weighted by atomic mass is 35.5. The first-order valence-electron chi connectivity index (χ1n) is 5.42. The minimum atomic E-state index is -0.739. The highest BCUT2D eigenvalue weighted by Gasteiger charge is 2.14. The third kappa shape index (κ3) is 2.16. The summed E-state index contributed by atoms with van der Waals surface area (Å²) in [5, 5.41) is 2.46. The first-order chi connectivity index (χ1) is 9.65. The number of carbonyl (C=O) groups excluding carboxylic acids is 1. The maximum absolute atomic E-state index is 13.4. The van der Waals surface area contributed by atoms with Crippen molar-refractivity contribution >= 4 is 34.6 Å². The predicted molar refractivity (Wildman–Crippen MR) is 68.8 cm³/mol. The van der Waals surface area contributed by atoms with Crippen LogP contribution in [0.2, 0.25) is 5.15 Å². The number of rotatable bonds is 2. The molecule has 0 aliphatic carbocycles. The van der Waals surface area contributed by atoms with Crippen molar-refractivity contribution in [1.29, 1.82) is 0 Å². The molecule has 3 aromatic rings. The number of anilines is 1. The Labute approximate surface area is 116 Å². The third-order valence-corrected chi connectivity index (χ3v) is 2.76. The molecule has 0 unspecified atom stereocenters. The van der Waals surface area contributed by atoms with E-state index in [1.807, 2.05) is 0 Å². The van der Waals surface area contributed by atoms with Crippen molar-refractivity contribution in [3.63, 3.8) is 0 Å². The average Bonchev–Trinajstić information content (AvgIpc) is 2.88. The summed E-state index contributed by atoms with van der Waals surface area (Å²) in [5.41, 5.74) is 0.595. The quantitative estimate of drug-likeness (QED) is 0.702. The van der Waals surface area contributed by atoms with E-state index in [-0.39, 0.29) is 16.7 Å². The Morgan fingerprint density at radius 2 is 2.25 bits per heavy atom. The highest BCUT2D eigenvalue weighted by molar-refractivity contribution is 6.33. The summed E-state index contributed by atoms with van der Waals surface area (Å²) < 4.78 is 13.4. The van der Waals surface area contributed by atoms with E-state index in [9.17, 15) is 9.18 Å². The zero-order valence-corrected chi connectivity index (χ0v) is 10.5. The van der Waals surface area contributed by atoms with Crippen LogP contribution in [0.25, 0.3) is 11.2 Å². The molecule has 2 N–H and O–H groups in total. The first kappa shape index (κ1) is 12.4. The maximum Gasteiger partial charge on any atom is 0.261 e. The molecule has 9 heteroatoms. The summed E-state index contributed by atoms with van der Waals surface area (Å²) >= 11 is 5.91. The van der Waals surface area contributed by atoms with Crippen LogP contribution in [0.1, 0.15) is 10.4 Å². The molecule has 0 aliphatic heterocycles. The van der Waals surface area contributed by atoms with Crippen molar-refractivity contribution in [2.75, 3.05) is 5.32 Å². The summed E-state index contributed by atoms with van der Waals surface area (Å²) in [6, 6.07) is 1.25. The predicted octanol–water partition coefficient (Wildman–Crippen LogP) is 1.79. The smallest absolute Gasteiger partial charge is 0.261 e. The van der Waals surface area contributed by atoms with Crippen LogP contribution in [0.5, 0.6) is 0 Å². The Morgan fingerprint density at radius 3 is 3.05 bits per heavy atom. The number of H-pyrrole nitrogens is 1. The number of aromatic nitrogens is 5. The second-order valence-corrected chi connectivity index (χ2v) is 4.11. The van der Waals surface area contributed by atoms with Crippen LogP contribution in [0.3, 0.4) is 0 Å². The maximum atomic E-state index is 13.4. The minimum Gasteiger partial charge on any atom is -0.341 e. The number of hydrogen-bond acceptors (Lipinski definition) is 5. The largest absolute Gasteiger partial charge is 0.341 e. The zero-order chi connectivity index (χ0) is 14.1. The Bertz CT molecular complexity index is 804. The standard InChI is InChI=1S/C11H6ClFN6O/c12-8-7-9(16-4-15-7)18-11(17-8)19-10(20)5-1-2-14-3-6(5)13/h1-4H,(H2,15,16,17,18,19,20). The molecule has 3 aromatic heterocycles. The monoisotopic (exact) mass is 292 g/mol. The molecule has 7 nitrogen and oxygen atoms in total. The molecule has 0 saturated carbocycles. The van der Waals surface area contributed by atoms with Crippen LogP contribution in [0.15, 0.2) is 24.8 Å². The van der Waals surface area contributed by atoms with Gasteiger partial charge in [-0.15, -0.1) is 0 Å². The van der Waals surface area contributed by atoms with Crippen LogP contribution >= 0.6 is 11.6 Å². The van der Waals surface area contributed by atoms with Gasteiger partial charge in [0.25, 0.3) is 5.91 Å². The SMILES string of the molecule is O=C(Nc1nc(Cl)c2[nH]cnc2n1)c1ccncc1F. The number of hydrogen-bond donors (Lipinski definition) is 2. The summed E-state index contributed by atoms with van der Waals surface area (Å²) in [7, 11) is 0. The van der Waals surface area contributed by atoms with E-state index in [4.69, 9.17) is 11.6 Å². The third-order valence-electron chi connectivity index (χ3n) is 2.48. The van der Waals surface area contributed by atoms with E-state index in [1.165, 1.54) is 18.6 Å². The Kier molecular flexibility index (Phi) is 2.99. The van der Waals surface area contributed by atoms with Gasteiger partial charge < -0.3 is 4.98 Å². The van der Waals surface area contributed by atoms with Crippen LogP contribution in [-0.4, -0.2) is 30.8 Å². The van der Waals surface area contributed by atoms with Gasteiger partial charge in [0.05, 0.1) is 18.1 Å². The van der Waals surface area contributed by atoms with Crippen molar-refractivity contribution in [3.05, 3.63) is 41.3 Å². The normalized spacial score (nSPS) is 10.7. The molecule has 3 heterocycles. The van der Waals surface area contributed by atoms with Crippen molar-refractivity contribution in [2.45, 2.75) is 0 Å². The van der Waals surface area contributed by atoms with Gasteiger partial charge in [-0.3, -0.25) is 15.1 Å². The van der Waals surface area contributed by atoms with Gasteiger partial charge in [-0.05, 0) is 6.07 Å². The second-order valence-electron chi connectivity index (χ2n) is 3.75. The second kappa shape index (κ2) is 4.82. The van der Waals surface area contributed by atoms with E-state index >= 15 is 0 Å². The van der Waals surface area contributed by atoms with Gasteiger partial charge in [-0.25, -0.2) is 9.37 Å². The lowest BCUT2D eigenvalue weighted by Gasteiger charge is -2.04. The summed E-state index contributed by atoms with van der Waals surface area (Å²) in [5.74, 6) is -1.50. The molecular formula is C11H6ClFN6O. The topological polar surface area (TPSA) is 96.5 Å². The molecule has 0 fully saturated rings. The van der Waals surface area contributed by atoms with Gasteiger partial charge in [0, 0.05) is 6.20 Å². The number of halogens is 2. The molecule has 1 amide bonds. The van der Waals surface area contributed by atoms with E-state index in [2.05, 4.69) is 30.2 Å². The van der Waals surface area contributed by atoms with Gasteiger partial charge >= 0.3 is 0 Å². The van der Waals surface area contributed by atoms with Crippen LogP contribution < -0.4 is 5.32 Å². The van der Waals surface area contributed by atoms with Crippen molar-refractivity contribution < 1.29 is 9.18 Å². The molecular weight excluding hydrogens is 287 g/mol. The fourth-order valence-corrected chi connectivity index (χ4v) is 1.80. The average molecular weight is 293 g/mol. The van der Waals surface area contributed by atoms with Crippen molar-refractivity contribution in [1.82, 2.24) is 24.9 Å². The molecule has 100 valence electrons. The van der Waals surface area contributed by atoms with Crippen molar-refractivity contribution in [2.24, 2.45) is 0 Å². The van der Waals surface area contributed by atoms with Crippen LogP contribution in [-0.2, 0) is 0 Å². The molecule has 0 radical (unpaired) electrons. The number of nitrogens with one attached hydrogen (secondary N) is 2.